The summed E-state index contributed by atoms with van der Waals surface area (Å²) in [6, 6.07) is 8.94. The fourth-order valence-corrected chi connectivity index (χ4v) is 4.09. The Labute approximate surface area is 156 Å². The molecule has 1 aromatic heterocycles. The van der Waals surface area contributed by atoms with E-state index in [1.165, 1.54) is 38.4 Å². The number of halogens is 1. The number of anilines is 1. The van der Waals surface area contributed by atoms with Crippen molar-refractivity contribution in [2.24, 2.45) is 0 Å². The fourth-order valence-electron chi connectivity index (χ4n) is 1.72. The van der Waals surface area contributed by atoms with Crippen LogP contribution in [-0.4, -0.2) is 48.5 Å². The van der Waals surface area contributed by atoms with Crippen molar-refractivity contribution in [3.05, 3.63) is 53.3 Å². The van der Waals surface area contributed by atoms with Gasteiger partial charge in [-0.05, 0) is 12.1 Å². The van der Waals surface area contributed by atoms with E-state index in [4.69, 9.17) is 22.0 Å². The quantitative estimate of drug-likeness (QED) is 0.274. The van der Waals surface area contributed by atoms with Crippen LogP contribution < -0.4 is 9.67 Å². The van der Waals surface area contributed by atoms with Gasteiger partial charge in [-0.2, -0.15) is 0 Å². The number of nitrogens with zero attached hydrogens (tertiary/aromatic N) is 1. The van der Waals surface area contributed by atoms with Crippen LogP contribution in [-0.2, 0) is 16.1 Å². The molecule has 1 atom stereocenters. The van der Waals surface area contributed by atoms with Crippen LogP contribution in [0.2, 0.25) is 5.15 Å². The van der Waals surface area contributed by atoms with Crippen molar-refractivity contribution in [2.75, 3.05) is 12.4 Å². The van der Waals surface area contributed by atoms with Gasteiger partial charge in [-0.25, -0.2) is 9.78 Å². The summed E-state index contributed by atoms with van der Waals surface area (Å²) < 4.78 is 20.7. The first kappa shape index (κ1) is 21.9. The van der Waals surface area contributed by atoms with Crippen molar-refractivity contribution in [1.29, 1.82) is 0 Å². The topological polar surface area (TPSA) is 135 Å². The van der Waals surface area contributed by atoms with E-state index in [9.17, 15) is 13.3 Å². The Morgan fingerprint density at radius 3 is 2.38 bits per heavy atom. The van der Waals surface area contributed by atoms with Gasteiger partial charge >= 0.3 is 101 Å². The zero-order valence-corrected chi connectivity index (χ0v) is 16.4. The van der Waals surface area contributed by atoms with Crippen LogP contribution in [0.3, 0.4) is 0 Å². The van der Waals surface area contributed by atoms with E-state index in [2.05, 4.69) is 17.9 Å². The third kappa shape index (κ3) is 6.29. The van der Waals surface area contributed by atoms with Crippen molar-refractivity contribution < 1.29 is 31.3 Å². The van der Waals surface area contributed by atoms with Crippen LogP contribution in [0.1, 0.15) is 17.3 Å². The van der Waals surface area contributed by atoms with Crippen molar-refractivity contribution >= 4 is 47.7 Å². The molecule has 0 saturated carbocycles. The molecule has 26 heavy (non-hydrogen) atoms. The SMILES string of the molecule is CO[As](=O)(OO)c1ccccc1NC(C)=O.O=C(O)c1ccnc(Cl)c1. The Balaban J connectivity index is 0.000000289. The molecule has 140 valence electrons. The maximum atomic E-state index is 12.0. The smallest absolute Gasteiger partial charge is 0.335 e. The third-order valence-electron chi connectivity index (χ3n) is 2.83. The third-order valence-corrected chi connectivity index (χ3v) is 6.55. The van der Waals surface area contributed by atoms with Gasteiger partial charge in [0.2, 0.25) is 0 Å². The number of aromatic nitrogens is 1. The van der Waals surface area contributed by atoms with Gasteiger partial charge in [0, 0.05) is 6.20 Å². The van der Waals surface area contributed by atoms with Crippen LogP contribution in [0, 0.1) is 0 Å². The van der Waals surface area contributed by atoms with Crippen molar-refractivity contribution in [3.8, 4) is 0 Å². The minimum Gasteiger partial charge on any atom is -0.478 e. The maximum absolute atomic E-state index is 12.0. The normalized spacial score (nSPS) is 12.3. The molecule has 0 saturated heterocycles. The summed E-state index contributed by atoms with van der Waals surface area (Å²) in [5, 5.41) is 19.7. The summed E-state index contributed by atoms with van der Waals surface area (Å²) in [6.07, 6.45) is 1.35. The molecule has 1 aromatic carbocycles. The van der Waals surface area contributed by atoms with Crippen molar-refractivity contribution in [3.63, 3.8) is 0 Å². The molecule has 0 aliphatic heterocycles. The molecule has 1 heterocycles. The first-order chi connectivity index (χ1) is 12.2. The number of aromatic carboxylic acids is 1. The second-order valence-corrected chi connectivity index (χ2v) is 9.23. The zero-order valence-electron chi connectivity index (χ0n) is 13.7. The van der Waals surface area contributed by atoms with Crippen LogP contribution in [0.4, 0.5) is 5.69 Å². The second-order valence-electron chi connectivity index (χ2n) is 4.63. The summed E-state index contributed by atoms with van der Waals surface area (Å²) in [7, 11) is 1.17. The minimum absolute atomic E-state index is 0.153. The number of carboxylic acid groups (broad SMARTS) is 1. The molecule has 3 N–H and O–H groups in total. The molecular weight excluding hydrogens is 431 g/mol. The van der Waals surface area contributed by atoms with Crippen molar-refractivity contribution in [1.82, 2.24) is 4.98 Å². The van der Waals surface area contributed by atoms with E-state index < -0.39 is 20.1 Å². The van der Waals surface area contributed by atoms with Gasteiger partial charge in [0.15, 0.2) is 0 Å². The molecular formula is C15H16AsClN2O7. The Hall–Kier alpha value is -2.16. The standard InChI is InChI=1S/C9H12AsNO5.C6H4ClNO2/c1-7(12)11-9-6-4-3-5-8(9)10(13,15-2)16-14;7-5-3-4(6(9)10)1-2-8-5/h3-6,14H,1-2H3,(H,11,12);1-3H,(H,9,10). The first-order valence-electron chi connectivity index (χ1n) is 6.94. The number of amides is 1. The number of rotatable bonds is 5. The van der Waals surface area contributed by atoms with Gasteiger partial charge in [0.25, 0.3) is 0 Å². The average molecular weight is 447 g/mol. The van der Waals surface area contributed by atoms with E-state index in [1.54, 1.807) is 18.2 Å². The van der Waals surface area contributed by atoms with E-state index in [0.717, 1.165) is 0 Å². The van der Waals surface area contributed by atoms with Gasteiger partial charge in [-0.3, -0.25) is 0 Å². The number of benzene rings is 1. The first-order valence-corrected chi connectivity index (χ1v) is 10.6. The number of para-hydroxylation sites is 1. The number of pyridine rings is 1. The number of nitrogens with one attached hydrogen (secondary N) is 1. The van der Waals surface area contributed by atoms with E-state index in [-0.39, 0.29) is 21.0 Å². The number of carbonyl (C=O) groups is 2. The monoisotopic (exact) mass is 446 g/mol. The summed E-state index contributed by atoms with van der Waals surface area (Å²) in [5.74, 6) is -1.31. The van der Waals surface area contributed by atoms with Gasteiger partial charge in [0.1, 0.15) is 5.15 Å². The Morgan fingerprint density at radius 1 is 1.27 bits per heavy atom. The zero-order chi connectivity index (χ0) is 19.7. The van der Waals surface area contributed by atoms with Gasteiger partial charge < -0.3 is 5.11 Å². The molecule has 1 amide bonds. The molecule has 0 fully saturated rings. The molecule has 11 heteroatoms. The molecule has 1 unspecified atom stereocenters. The second kappa shape index (κ2) is 10.1. The summed E-state index contributed by atoms with van der Waals surface area (Å²) in [6.45, 7) is 1.32. The number of carbonyl (C=O) groups excluding carboxylic acids is 1. The maximum Gasteiger partial charge on any atom is 0.335 e. The Morgan fingerprint density at radius 2 is 1.92 bits per heavy atom. The minimum atomic E-state index is -4.46. The van der Waals surface area contributed by atoms with Gasteiger partial charge in [0.05, 0.1) is 5.56 Å². The van der Waals surface area contributed by atoms with Crippen LogP contribution >= 0.6 is 11.6 Å². The van der Waals surface area contributed by atoms with Crippen LogP contribution in [0.25, 0.3) is 0 Å². The van der Waals surface area contributed by atoms with Crippen molar-refractivity contribution in [2.45, 2.75) is 6.92 Å². The number of hydrogen-bond acceptors (Lipinski definition) is 7. The Bertz CT molecular complexity index is 823. The number of carboxylic acids is 1. The summed E-state index contributed by atoms with van der Waals surface area (Å²) in [4.78, 5) is 24.8. The molecule has 0 bridgehead atoms. The van der Waals surface area contributed by atoms with Crippen LogP contribution in [0.15, 0.2) is 42.6 Å². The molecule has 2 rings (SSSR count). The Kier molecular flexibility index (Phi) is 8.50. The molecule has 0 aliphatic rings. The van der Waals surface area contributed by atoms with Gasteiger partial charge in [-0.1, -0.05) is 11.6 Å². The molecule has 2 aromatic rings. The average Bonchev–Trinajstić information content (AvgIpc) is 2.61. The summed E-state index contributed by atoms with van der Waals surface area (Å²) >= 11 is 0.955. The predicted molar refractivity (Wildman–Crippen MR) is 93.7 cm³/mol. The van der Waals surface area contributed by atoms with E-state index in [1.807, 2.05) is 0 Å². The molecule has 9 nitrogen and oxygen atoms in total. The molecule has 0 spiro atoms. The molecule has 0 aliphatic carbocycles. The van der Waals surface area contributed by atoms with E-state index in [0.29, 0.717) is 5.69 Å². The fraction of sp³-hybridized carbons (Fsp3) is 0.133. The van der Waals surface area contributed by atoms with Gasteiger partial charge in [-0.15, -0.1) is 0 Å². The summed E-state index contributed by atoms with van der Waals surface area (Å²) in [5.41, 5.74) is 0.452. The number of hydrogen-bond donors (Lipinski definition) is 3. The predicted octanol–water partition coefficient (Wildman–Crippen LogP) is 1.79. The molecule has 0 radical (unpaired) electrons. The van der Waals surface area contributed by atoms with E-state index >= 15 is 0 Å². The largest absolute Gasteiger partial charge is 0.478 e. The van der Waals surface area contributed by atoms with Crippen LogP contribution in [0.5, 0.6) is 0 Å².